The number of benzene rings is 6. The van der Waals surface area contributed by atoms with Gasteiger partial charge in [-0.1, -0.05) is 94.4 Å². The van der Waals surface area contributed by atoms with E-state index in [0.717, 1.165) is 0 Å². The lowest BCUT2D eigenvalue weighted by atomic mass is 9.63. The average molecular weight is 625 g/mol. The monoisotopic (exact) mass is 624 g/mol. The van der Waals surface area contributed by atoms with Crippen LogP contribution in [0.15, 0.2) is 121 Å². The SMILES string of the molecule is CC1(C)CCC(C)(C)c2cc3c(cc21)c1ccc2c4ccccc4n(-c4ccccc4)c2c1n3-c1ccc2sc3ccccc3c2c1. The van der Waals surface area contributed by atoms with Gasteiger partial charge in [-0.05, 0) is 89.4 Å². The predicted molar refractivity (Wildman–Crippen MR) is 203 cm³/mol. The van der Waals surface area contributed by atoms with Crippen molar-refractivity contribution in [2.75, 3.05) is 0 Å². The molecule has 47 heavy (non-hydrogen) atoms. The van der Waals surface area contributed by atoms with Crippen molar-refractivity contribution in [1.29, 1.82) is 0 Å². The molecule has 0 spiro atoms. The van der Waals surface area contributed by atoms with Gasteiger partial charge in [0.1, 0.15) is 0 Å². The quantitative estimate of drug-likeness (QED) is 0.181. The Morgan fingerprint density at radius 2 is 1.04 bits per heavy atom. The van der Waals surface area contributed by atoms with Gasteiger partial charge in [0, 0.05) is 53.1 Å². The largest absolute Gasteiger partial charge is 0.307 e. The van der Waals surface area contributed by atoms with Gasteiger partial charge < -0.3 is 9.13 Å². The number of hydrogen-bond donors (Lipinski definition) is 0. The fourth-order valence-electron chi connectivity index (χ4n) is 8.57. The molecule has 0 radical (unpaired) electrons. The fraction of sp³-hybridized carbons (Fsp3) is 0.182. The van der Waals surface area contributed by atoms with Crippen LogP contribution in [0.5, 0.6) is 0 Å². The molecule has 0 amide bonds. The van der Waals surface area contributed by atoms with E-state index < -0.39 is 0 Å². The Labute approximate surface area is 278 Å². The number of thiophene rings is 1. The first-order valence-corrected chi connectivity index (χ1v) is 17.6. The fourth-order valence-corrected chi connectivity index (χ4v) is 9.66. The zero-order valence-electron chi connectivity index (χ0n) is 27.3. The lowest BCUT2D eigenvalue weighted by molar-refractivity contribution is 0.332. The molecule has 0 saturated carbocycles. The molecule has 0 fully saturated rings. The second kappa shape index (κ2) is 9.36. The van der Waals surface area contributed by atoms with Crippen LogP contribution in [-0.2, 0) is 10.8 Å². The zero-order valence-corrected chi connectivity index (χ0v) is 28.1. The minimum absolute atomic E-state index is 0.113. The van der Waals surface area contributed by atoms with Gasteiger partial charge in [-0.2, -0.15) is 0 Å². The molecule has 228 valence electrons. The number of para-hydroxylation sites is 2. The predicted octanol–water partition coefficient (Wildman–Crippen LogP) is 12.6. The van der Waals surface area contributed by atoms with E-state index in [2.05, 4.69) is 158 Å². The molecule has 0 saturated heterocycles. The molecule has 9 aromatic rings. The van der Waals surface area contributed by atoms with Crippen molar-refractivity contribution in [3.63, 3.8) is 0 Å². The van der Waals surface area contributed by atoms with Gasteiger partial charge in [0.25, 0.3) is 0 Å². The van der Waals surface area contributed by atoms with Gasteiger partial charge in [0.15, 0.2) is 0 Å². The first-order chi connectivity index (χ1) is 22.8. The average Bonchev–Trinajstić information content (AvgIpc) is 3.74. The topological polar surface area (TPSA) is 9.86 Å². The van der Waals surface area contributed by atoms with Crippen LogP contribution >= 0.6 is 11.3 Å². The molecule has 6 aromatic carbocycles. The van der Waals surface area contributed by atoms with Crippen LogP contribution < -0.4 is 0 Å². The number of fused-ring (bicyclic) bond motifs is 11. The molecule has 0 aliphatic heterocycles. The number of hydrogen-bond acceptors (Lipinski definition) is 1. The molecule has 3 heteroatoms. The van der Waals surface area contributed by atoms with E-state index in [1.165, 1.54) is 99.1 Å². The molecular formula is C44H36N2S. The van der Waals surface area contributed by atoms with Crippen LogP contribution in [0, 0.1) is 0 Å². The Morgan fingerprint density at radius 1 is 0.447 bits per heavy atom. The summed E-state index contributed by atoms with van der Waals surface area (Å²) in [4.78, 5) is 0. The summed E-state index contributed by atoms with van der Waals surface area (Å²) in [5.41, 5.74) is 10.7. The molecule has 0 unspecified atom stereocenters. The molecule has 0 N–H and O–H groups in total. The van der Waals surface area contributed by atoms with Crippen molar-refractivity contribution >= 4 is 75.1 Å². The van der Waals surface area contributed by atoms with Crippen molar-refractivity contribution in [1.82, 2.24) is 9.13 Å². The number of rotatable bonds is 2. The van der Waals surface area contributed by atoms with E-state index in [4.69, 9.17) is 0 Å². The molecule has 1 aliphatic carbocycles. The highest BCUT2D eigenvalue weighted by Gasteiger charge is 2.38. The maximum atomic E-state index is 2.59. The van der Waals surface area contributed by atoms with Crippen LogP contribution in [0.2, 0.25) is 0 Å². The standard InChI is InChI=1S/C44H36N2S/c1-43(2)22-23-44(3,4)36-26-38-33(25-35(36)43)32-20-19-31-29-14-8-10-16-37(29)45(27-12-6-5-7-13-27)41(31)42(32)46(38)28-18-21-40-34(24-28)30-15-9-11-17-39(30)47-40/h5-21,24-26H,22-23H2,1-4H3. The lowest BCUT2D eigenvalue weighted by Gasteiger charge is -2.42. The smallest absolute Gasteiger partial charge is 0.0788 e. The van der Waals surface area contributed by atoms with Crippen molar-refractivity contribution in [3.8, 4) is 11.4 Å². The molecule has 10 rings (SSSR count). The van der Waals surface area contributed by atoms with Gasteiger partial charge in [0.05, 0.1) is 22.1 Å². The van der Waals surface area contributed by atoms with Crippen molar-refractivity contribution in [2.24, 2.45) is 0 Å². The Morgan fingerprint density at radius 3 is 1.81 bits per heavy atom. The van der Waals surface area contributed by atoms with Gasteiger partial charge in [0.2, 0.25) is 0 Å². The summed E-state index contributed by atoms with van der Waals surface area (Å²) in [5, 5.41) is 7.88. The van der Waals surface area contributed by atoms with Gasteiger partial charge >= 0.3 is 0 Å². The normalized spacial score (nSPS) is 15.8. The Balaban J connectivity index is 1.44. The summed E-state index contributed by atoms with van der Waals surface area (Å²) in [6.45, 7) is 9.75. The van der Waals surface area contributed by atoms with Crippen molar-refractivity contribution in [2.45, 2.75) is 51.4 Å². The van der Waals surface area contributed by atoms with Crippen LogP contribution in [0.3, 0.4) is 0 Å². The molecule has 1 aliphatic rings. The summed E-state index contributed by atoms with van der Waals surface area (Å²) in [7, 11) is 0. The van der Waals surface area contributed by atoms with Crippen LogP contribution in [0.4, 0.5) is 0 Å². The van der Waals surface area contributed by atoms with E-state index in [1.54, 1.807) is 0 Å². The molecule has 3 heterocycles. The van der Waals surface area contributed by atoms with Crippen molar-refractivity contribution < 1.29 is 0 Å². The van der Waals surface area contributed by atoms with Gasteiger partial charge in [-0.15, -0.1) is 11.3 Å². The molecule has 0 atom stereocenters. The minimum atomic E-state index is 0.113. The molecule has 3 aromatic heterocycles. The highest BCUT2D eigenvalue weighted by Crippen LogP contribution is 2.50. The van der Waals surface area contributed by atoms with Crippen molar-refractivity contribution in [3.05, 3.63) is 132 Å². The lowest BCUT2D eigenvalue weighted by Crippen LogP contribution is -2.33. The van der Waals surface area contributed by atoms with E-state index >= 15 is 0 Å². The summed E-state index contributed by atoms with van der Waals surface area (Å²) in [6.07, 6.45) is 2.39. The van der Waals surface area contributed by atoms with Gasteiger partial charge in [-0.25, -0.2) is 0 Å². The van der Waals surface area contributed by atoms with Gasteiger partial charge in [-0.3, -0.25) is 0 Å². The number of nitrogens with zero attached hydrogens (tertiary/aromatic N) is 2. The second-order valence-corrected chi connectivity index (χ2v) is 15.9. The summed E-state index contributed by atoms with van der Waals surface area (Å²) in [5.74, 6) is 0. The minimum Gasteiger partial charge on any atom is -0.307 e. The van der Waals surface area contributed by atoms with E-state index in [9.17, 15) is 0 Å². The third-order valence-corrected chi connectivity index (χ3v) is 12.3. The van der Waals surface area contributed by atoms with Crippen LogP contribution in [0.25, 0.3) is 75.2 Å². The highest BCUT2D eigenvalue weighted by atomic mass is 32.1. The Kier molecular flexibility index (Phi) is 5.43. The summed E-state index contributed by atoms with van der Waals surface area (Å²) in [6, 6.07) is 45.6. The Bertz CT molecular complexity index is 2730. The van der Waals surface area contributed by atoms with E-state index in [-0.39, 0.29) is 10.8 Å². The number of aromatic nitrogens is 2. The highest BCUT2D eigenvalue weighted by molar-refractivity contribution is 7.25. The Hall–Kier alpha value is -4.86. The first kappa shape index (κ1) is 27.3. The van der Waals surface area contributed by atoms with E-state index in [1.807, 2.05) is 11.3 Å². The maximum Gasteiger partial charge on any atom is 0.0788 e. The van der Waals surface area contributed by atoms with Crippen LogP contribution in [0.1, 0.15) is 51.7 Å². The first-order valence-electron chi connectivity index (χ1n) is 16.8. The third-order valence-electron chi connectivity index (χ3n) is 11.2. The summed E-state index contributed by atoms with van der Waals surface area (Å²) < 4.78 is 7.76. The third kappa shape index (κ3) is 3.72. The van der Waals surface area contributed by atoms with E-state index in [0.29, 0.717) is 0 Å². The maximum absolute atomic E-state index is 2.59. The molecule has 0 bridgehead atoms. The van der Waals surface area contributed by atoms with Crippen LogP contribution in [-0.4, -0.2) is 9.13 Å². The zero-order chi connectivity index (χ0) is 31.7. The second-order valence-electron chi connectivity index (χ2n) is 14.8. The summed E-state index contributed by atoms with van der Waals surface area (Å²) >= 11 is 1.88. The molecular weight excluding hydrogens is 589 g/mol. The molecule has 2 nitrogen and oxygen atoms in total.